The molecule has 3 heteroatoms. The minimum atomic E-state index is -0.452. The molecule has 0 aliphatic heterocycles. The van der Waals surface area contributed by atoms with Crippen molar-refractivity contribution in [2.24, 2.45) is 0 Å². The summed E-state index contributed by atoms with van der Waals surface area (Å²) in [7, 11) is 0. The van der Waals surface area contributed by atoms with Gasteiger partial charge in [0.25, 0.3) is 0 Å². The van der Waals surface area contributed by atoms with Crippen molar-refractivity contribution in [3.8, 4) is 0 Å². The quantitative estimate of drug-likeness (QED) is 0.421. The summed E-state index contributed by atoms with van der Waals surface area (Å²) in [6.07, 6.45) is 2.50. The Bertz CT molecular complexity index is 316. The van der Waals surface area contributed by atoms with Crippen LogP contribution in [0.5, 0.6) is 0 Å². The molecule has 0 saturated heterocycles. The van der Waals surface area contributed by atoms with Gasteiger partial charge in [-0.15, -0.1) is 0 Å². The van der Waals surface area contributed by atoms with Gasteiger partial charge in [-0.05, 0) is 30.5 Å². The number of carbonyl (C=O) groups excluding carboxylic acids is 1. The molecule has 16 heavy (non-hydrogen) atoms. The zero-order chi connectivity index (χ0) is 11.8. The lowest BCUT2D eigenvalue weighted by Gasteiger charge is -2.03. The monoisotopic (exact) mass is 221 g/mol. The highest BCUT2D eigenvalue weighted by molar-refractivity contribution is 5.88. The first-order valence-electron chi connectivity index (χ1n) is 5.50. The van der Waals surface area contributed by atoms with Crippen molar-refractivity contribution in [3.05, 3.63) is 42.3 Å². The lowest BCUT2D eigenvalue weighted by atomic mass is 10.1. The molecule has 1 rings (SSSR count). The van der Waals surface area contributed by atoms with Crippen LogP contribution in [0.3, 0.4) is 0 Å². The third-order valence-electron chi connectivity index (χ3n) is 2.21. The van der Waals surface area contributed by atoms with Crippen molar-refractivity contribution in [1.29, 1.82) is 0 Å². The smallest absolute Gasteiger partial charge is 0.293 e. The number of benzene rings is 1. The SMILES string of the molecule is [CH2]CCCOOC(=O)c1ccc(CC)cc1. The predicted molar refractivity (Wildman–Crippen MR) is 61.8 cm³/mol. The maximum atomic E-state index is 11.4. The number of aryl methyl sites for hydroxylation is 1. The first-order valence-corrected chi connectivity index (χ1v) is 5.50. The van der Waals surface area contributed by atoms with Crippen LogP contribution >= 0.6 is 0 Å². The number of hydrogen-bond acceptors (Lipinski definition) is 3. The first-order chi connectivity index (χ1) is 7.77. The van der Waals surface area contributed by atoms with Crippen molar-refractivity contribution in [2.45, 2.75) is 26.2 Å². The van der Waals surface area contributed by atoms with E-state index < -0.39 is 5.97 Å². The van der Waals surface area contributed by atoms with Gasteiger partial charge in [-0.2, -0.15) is 4.89 Å². The number of unbranched alkanes of at least 4 members (excludes halogenated alkanes) is 1. The second-order valence-electron chi connectivity index (χ2n) is 3.45. The molecule has 0 spiro atoms. The molecule has 0 N–H and O–H groups in total. The summed E-state index contributed by atoms with van der Waals surface area (Å²) in [5.41, 5.74) is 1.70. The summed E-state index contributed by atoms with van der Waals surface area (Å²) in [6.45, 7) is 6.11. The molecule has 1 aromatic rings. The van der Waals surface area contributed by atoms with Gasteiger partial charge in [0.1, 0.15) is 0 Å². The second-order valence-corrected chi connectivity index (χ2v) is 3.45. The van der Waals surface area contributed by atoms with Gasteiger partial charge < -0.3 is 0 Å². The number of hydrogen-bond donors (Lipinski definition) is 0. The minimum Gasteiger partial charge on any atom is -0.293 e. The Hall–Kier alpha value is -1.35. The molecular formula is C13H17O3. The van der Waals surface area contributed by atoms with Gasteiger partial charge in [0.15, 0.2) is 0 Å². The van der Waals surface area contributed by atoms with E-state index in [2.05, 4.69) is 18.7 Å². The fourth-order valence-electron chi connectivity index (χ4n) is 1.18. The topological polar surface area (TPSA) is 35.5 Å². The van der Waals surface area contributed by atoms with Crippen LogP contribution in [0, 0.1) is 6.92 Å². The van der Waals surface area contributed by atoms with Crippen LogP contribution in [0.15, 0.2) is 24.3 Å². The van der Waals surface area contributed by atoms with Crippen LogP contribution in [0.1, 0.15) is 35.7 Å². The van der Waals surface area contributed by atoms with Crippen molar-refractivity contribution < 1.29 is 14.6 Å². The molecule has 3 nitrogen and oxygen atoms in total. The molecule has 0 atom stereocenters. The number of carbonyl (C=O) groups is 1. The normalized spacial score (nSPS) is 10.1. The fraction of sp³-hybridized carbons (Fsp3) is 0.385. The van der Waals surface area contributed by atoms with E-state index in [-0.39, 0.29) is 0 Å². The molecule has 0 bridgehead atoms. The lowest BCUT2D eigenvalue weighted by Crippen LogP contribution is -2.06. The molecule has 1 radical (unpaired) electrons. The molecule has 0 aliphatic rings. The highest BCUT2D eigenvalue weighted by Gasteiger charge is 2.07. The molecule has 0 saturated carbocycles. The predicted octanol–water partition coefficient (Wildman–Crippen LogP) is 2.95. The van der Waals surface area contributed by atoms with E-state index in [0.717, 1.165) is 19.3 Å². The van der Waals surface area contributed by atoms with Crippen LogP contribution in [-0.2, 0) is 16.2 Å². The summed E-state index contributed by atoms with van der Waals surface area (Å²) in [5, 5.41) is 0. The molecule has 0 heterocycles. The average molecular weight is 221 g/mol. The first kappa shape index (κ1) is 12.7. The summed E-state index contributed by atoms with van der Waals surface area (Å²) in [4.78, 5) is 20.8. The highest BCUT2D eigenvalue weighted by atomic mass is 17.2. The molecular weight excluding hydrogens is 204 g/mol. The third kappa shape index (κ3) is 4.03. The van der Waals surface area contributed by atoms with Gasteiger partial charge in [0.05, 0.1) is 12.2 Å². The van der Waals surface area contributed by atoms with Crippen LogP contribution in [0.25, 0.3) is 0 Å². The summed E-state index contributed by atoms with van der Waals surface area (Å²) in [6, 6.07) is 7.30. The maximum absolute atomic E-state index is 11.4. The summed E-state index contributed by atoms with van der Waals surface area (Å²) >= 11 is 0. The van der Waals surface area contributed by atoms with Crippen LogP contribution < -0.4 is 0 Å². The van der Waals surface area contributed by atoms with Gasteiger partial charge >= 0.3 is 5.97 Å². The molecule has 1 aromatic carbocycles. The minimum absolute atomic E-state index is 0.391. The Kier molecular flexibility index (Phi) is 5.57. The zero-order valence-electron chi connectivity index (χ0n) is 9.57. The van der Waals surface area contributed by atoms with Crippen molar-refractivity contribution in [1.82, 2.24) is 0 Å². The van der Waals surface area contributed by atoms with Gasteiger partial charge in [-0.1, -0.05) is 32.4 Å². The molecule has 0 aliphatic carbocycles. The largest absolute Gasteiger partial charge is 0.373 e. The van der Waals surface area contributed by atoms with Crippen molar-refractivity contribution >= 4 is 5.97 Å². The van der Waals surface area contributed by atoms with E-state index in [0.29, 0.717) is 12.2 Å². The van der Waals surface area contributed by atoms with Crippen LogP contribution in [0.2, 0.25) is 0 Å². The maximum Gasteiger partial charge on any atom is 0.373 e. The third-order valence-corrected chi connectivity index (χ3v) is 2.21. The Labute approximate surface area is 96.3 Å². The highest BCUT2D eigenvalue weighted by Crippen LogP contribution is 2.06. The van der Waals surface area contributed by atoms with E-state index in [4.69, 9.17) is 4.89 Å². The van der Waals surface area contributed by atoms with E-state index in [9.17, 15) is 4.79 Å². The van der Waals surface area contributed by atoms with E-state index >= 15 is 0 Å². The van der Waals surface area contributed by atoms with Gasteiger partial charge in [0.2, 0.25) is 0 Å². The second kappa shape index (κ2) is 7.01. The average Bonchev–Trinajstić information content (AvgIpc) is 2.34. The van der Waals surface area contributed by atoms with Gasteiger partial charge in [0, 0.05) is 0 Å². The van der Waals surface area contributed by atoms with E-state index in [1.54, 1.807) is 12.1 Å². The molecule has 0 aromatic heterocycles. The van der Waals surface area contributed by atoms with Gasteiger partial charge in [-0.25, -0.2) is 4.79 Å². The summed E-state index contributed by atoms with van der Waals surface area (Å²) < 4.78 is 0. The van der Waals surface area contributed by atoms with Crippen molar-refractivity contribution in [3.63, 3.8) is 0 Å². The Morgan fingerprint density at radius 3 is 2.56 bits per heavy atom. The lowest BCUT2D eigenvalue weighted by molar-refractivity contribution is -0.241. The van der Waals surface area contributed by atoms with Crippen LogP contribution in [0.4, 0.5) is 0 Å². The summed E-state index contributed by atoms with van der Waals surface area (Å²) in [5.74, 6) is -0.452. The van der Waals surface area contributed by atoms with Crippen LogP contribution in [-0.4, -0.2) is 12.6 Å². The van der Waals surface area contributed by atoms with E-state index in [1.165, 1.54) is 5.56 Å². The van der Waals surface area contributed by atoms with Crippen molar-refractivity contribution in [2.75, 3.05) is 6.61 Å². The fourth-order valence-corrected chi connectivity index (χ4v) is 1.18. The Morgan fingerprint density at radius 1 is 1.31 bits per heavy atom. The molecule has 0 fully saturated rings. The molecule has 87 valence electrons. The van der Waals surface area contributed by atoms with Gasteiger partial charge in [-0.3, -0.25) is 4.89 Å². The molecule has 0 amide bonds. The van der Waals surface area contributed by atoms with E-state index in [1.807, 2.05) is 12.1 Å². The Morgan fingerprint density at radius 2 is 2.00 bits per heavy atom. The molecule has 0 unspecified atom stereocenters. The number of rotatable bonds is 6. The Balaban J connectivity index is 2.40. The zero-order valence-corrected chi connectivity index (χ0v) is 9.57. The standard InChI is InChI=1S/C13H17O3/c1-3-5-10-15-16-13(14)12-8-6-11(4-2)7-9-12/h6-9H,1,3-5,10H2,2H3.